The van der Waals surface area contributed by atoms with Gasteiger partial charge in [0.1, 0.15) is 11.9 Å². The maximum Gasteiger partial charge on any atom is 0.144 e. The van der Waals surface area contributed by atoms with E-state index in [0.717, 1.165) is 24.0 Å². The highest BCUT2D eigenvalue weighted by Crippen LogP contribution is 2.18. The number of nitriles is 1. The van der Waals surface area contributed by atoms with Crippen LogP contribution in [-0.4, -0.2) is 24.1 Å². The van der Waals surface area contributed by atoms with Crippen LogP contribution in [0, 0.1) is 11.3 Å². The fraction of sp³-hybridized carbons (Fsp3) is 0.400. The van der Waals surface area contributed by atoms with E-state index in [4.69, 9.17) is 5.26 Å². The lowest BCUT2D eigenvalue weighted by molar-refractivity contribution is 0.787. The molecule has 1 atom stereocenters. The molecule has 1 aromatic heterocycles. The monoisotopic (exact) mass is 266 g/mol. The van der Waals surface area contributed by atoms with Crippen LogP contribution in [-0.2, 0) is 0 Å². The SMILES string of the molecule is N#Cc1cc(Br)cnc1NC1CCNC1. The summed E-state index contributed by atoms with van der Waals surface area (Å²) in [6, 6.07) is 4.29. The van der Waals surface area contributed by atoms with Gasteiger partial charge in [-0.15, -0.1) is 0 Å². The van der Waals surface area contributed by atoms with E-state index in [1.165, 1.54) is 0 Å². The summed E-state index contributed by atoms with van der Waals surface area (Å²) >= 11 is 3.30. The second-order valence-electron chi connectivity index (χ2n) is 3.50. The van der Waals surface area contributed by atoms with E-state index in [-0.39, 0.29) is 0 Å². The van der Waals surface area contributed by atoms with Crippen LogP contribution in [0.2, 0.25) is 0 Å². The minimum atomic E-state index is 0.380. The summed E-state index contributed by atoms with van der Waals surface area (Å²) in [5.74, 6) is 0.675. The summed E-state index contributed by atoms with van der Waals surface area (Å²) < 4.78 is 0.828. The Bertz CT molecular complexity index is 393. The molecule has 0 spiro atoms. The Hall–Kier alpha value is -1.12. The Morgan fingerprint density at radius 2 is 2.53 bits per heavy atom. The van der Waals surface area contributed by atoms with Crippen molar-refractivity contribution in [3.05, 3.63) is 22.3 Å². The highest BCUT2D eigenvalue weighted by atomic mass is 79.9. The van der Waals surface area contributed by atoms with Crippen molar-refractivity contribution >= 4 is 21.7 Å². The molecule has 1 aliphatic rings. The van der Waals surface area contributed by atoms with Gasteiger partial charge in [0, 0.05) is 23.3 Å². The summed E-state index contributed by atoms with van der Waals surface area (Å²) in [5.41, 5.74) is 0.580. The van der Waals surface area contributed by atoms with Gasteiger partial charge in [0.05, 0.1) is 5.56 Å². The van der Waals surface area contributed by atoms with Crippen LogP contribution in [0.3, 0.4) is 0 Å². The molecule has 15 heavy (non-hydrogen) atoms. The molecular weight excluding hydrogens is 256 g/mol. The van der Waals surface area contributed by atoms with Gasteiger partial charge in [-0.3, -0.25) is 0 Å². The molecule has 1 aromatic rings. The number of anilines is 1. The molecule has 1 unspecified atom stereocenters. The van der Waals surface area contributed by atoms with Crippen LogP contribution in [0.1, 0.15) is 12.0 Å². The highest BCUT2D eigenvalue weighted by Gasteiger charge is 2.16. The average Bonchev–Trinajstić information content (AvgIpc) is 2.73. The summed E-state index contributed by atoms with van der Waals surface area (Å²) in [6.45, 7) is 1.96. The number of halogens is 1. The number of aromatic nitrogens is 1. The van der Waals surface area contributed by atoms with Crippen molar-refractivity contribution in [1.29, 1.82) is 5.26 Å². The minimum absolute atomic E-state index is 0.380. The van der Waals surface area contributed by atoms with Gasteiger partial charge in [0.15, 0.2) is 0 Å². The molecule has 5 heteroatoms. The first-order valence-electron chi connectivity index (χ1n) is 4.82. The first kappa shape index (κ1) is 10.4. The van der Waals surface area contributed by atoms with Crippen molar-refractivity contribution < 1.29 is 0 Å². The van der Waals surface area contributed by atoms with E-state index in [9.17, 15) is 0 Å². The first-order chi connectivity index (χ1) is 7.29. The van der Waals surface area contributed by atoms with Gasteiger partial charge in [-0.1, -0.05) is 0 Å². The van der Waals surface area contributed by atoms with Crippen LogP contribution < -0.4 is 10.6 Å². The third-order valence-electron chi connectivity index (χ3n) is 2.38. The van der Waals surface area contributed by atoms with Crippen molar-refractivity contribution in [3.63, 3.8) is 0 Å². The number of pyridine rings is 1. The largest absolute Gasteiger partial charge is 0.365 e. The molecule has 0 saturated carbocycles. The Morgan fingerprint density at radius 1 is 1.67 bits per heavy atom. The van der Waals surface area contributed by atoms with E-state index >= 15 is 0 Å². The number of hydrogen-bond acceptors (Lipinski definition) is 4. The van der Waals surface area contributed by atoms with Gasteiger partial charge >= 0.3 is 0 Å². The average molecular weight is 267 g/mol. The molecule has 2 N–H and O–H groups in total. The topological polar surface area (TPSA) is 60.7 Å². The fourth-order valence-electron chi connectivity index (χ4n) is 1.61. The van der Waals surface area contributed by atoms with Gasteiger partial charge in [-0.2, -0.15) is 5.26 Å². The maximum atomic E-state index is 8.95. The number of nitrogens with zero attached hydrogens (tertiary/aromatic N) is 2. The highest BCUT2D eigenvalue weighted by molar-refractivity contribution is 9.10. The molecule has 4 nitrogen and oxygen atoms in total. The quantitative estimate of drug-likeness (QED) is 0.852. The van der Waals surface area contributed by atoms with E-state index in [1.807, 2.05) is 0 Å². The summed E-state index contributed by atoms with van der Waals surface area (Å²) in [7, 11) is 0. The van der Waals surface area contributed by atoms with E-state index in [2.05, 4.69) is 37.6 Å². The van der Waals surface area contributed by atoms with E-state index < -0.39 is 0 Å². The lowest BCUT2D eigenvalue weighted by atomic mass is 10.2. The molecule has 0 radical (unpaired) electrons. The molecule has 78 valence electrons. The second-order valence-corrected chi connectivity index (χ2v) is 4.41. The Balaban J connectivity index is 2.16. The lowest BCUT2D eigenvalue weighted by Gasteiger charge is -2.12. The molecule has 2 heterocycles. The summed E-state index contributed by atoms with van der Waals surface area (Å²) in [4.78, 5) is 4.20. The zero-order chi connectivity index (χ0) is 10.7. The smallest absolute Gasteiger partial charge is 0.144 e. The number of rotatable bonds is 2. The second kappa shape index (κ2) is 4.60. The van der Waals surface area contributed by atoms with Crippen LogP contribution >= 0.6 is 15.9 Å². The van der Waals surface area contributed by atoms with Crippen LogP contribution in [0.4, 0.5) is 5.82 Å². The van der Waals surface area contributed by atoms with Crippen molar-refractivity contribution in [2.45, 2.75) is 12.5 Å². The van der Waals surface area contributed by atoms with Crippen molar-refractivity contribution in [1.82, 2.24) is 10.3 Å². The van der Waals surface area contributed by atoms with Gasteiger partial charge in [-0.25, -0.2) is 4.98 Å². The predicted molar refractivity (Wildman–Crippen MR) is 61.5 cm³/mol. The molecular formula is C10H11BrN4. The molecule has 0 bridgehead atoms. The Morgan fingerprint density at radius 3 is 3.20 bits per heavy atom. The van der Waals surface area contributed by atoms with E-state index in [1.54, 1.807) is 12.3 Å². The maximum absolute atomic E-state index is 8.95. The molecule has 0 aromatic carbocycles. The molecule has 1 aliphatic heterocycles. The van der Waals surface area contributed by atoms with Crippen LogP contribution in [0.5, 0.6) is 0 Å². The zero-order valence-corrected chi connectivity index (χ0v) is 9.71. The fourth-order valence-corrected chi connectivity index (χ4v) is 1.94. The van der Waals surface area contributed by atoms with E-state index in [0.29, 0.717) is 17.4 Å². The zero-order valence-electron chi connectivity index (χ0n) is 8.13. The van der Waals surface area contributed by atoms with Crippen LogP contribution in [0.15, 0.2) is 16.7 Å². The van der Waals surface area contributed by atoms with Crippen molar-refractivity contribution in [2.24, 2.45) is 0 Å². The Labute approximate surface area is 96.8 Å². The molecule has 1 fully saturated rings. The molecule has 0 aliphatic carbocycles. The lowest BCUT2D eigenvalue weighted by Crippen LogP contribution is -2.23. The third kappa shape index (κ3) is 2.46. The van der Waals surface area contributed by atoms with Gasteiger partial charge < -0.3 is 10.6 Å². The standard InChI is InChI=1S/C10H11BrN4/c11-8-3-7(4-12)10(14-5-8)15-9-1-2-13-6-9/h3,5,9,13H,1-2,6H2,(H,14,15). The minimum Gasteiger partial charge on any atom is -0.365 e. The third-order valence-corrected chi connectivity index (χ3v) is 2.81. The molecule has 0 amide bonds. The summed E-state index contributed by atoms with van der Waals surface area (Å²) in [5, 5.41) is 15.5. The Kier molecular flexibility index (Phi) is 3.19. The van der Waals surface area contributed by atoms with Gasteiger partial charge in [-0.05, 0) is 35.0 Å². The number of hydrogen-bond donors (Lipinski definition) is 2. The number of nitrogens with one attached hydrogen (secondary N) is 2. The molecule has 1 saturated heterocycles. The molecule has 2 rings (SSSR count). The van der Waals surface area contributed by atoms with Crippen LogP contribution in [0.25, 0.3) is 0 Å². The van der Waals surface area contributed by atoms with Gasteiger partial charge in [0.25, 0.3) is 0 Å². The van der Waals surface area contributed by atoms with Gasteiger partial charge in [0.2, 0.25) is 0 Å². The predicted octanol–water partition coefficient (Wildman–Crippen LogP) is 1.49. The van der Waals surface area contributed by atoms with Crippen molar-refractivity contribution in [2.75, 3.05) is 18.4 Å². The normalized spacial score (nSPS) is 19.9. The van der Waals surface area contributed by atoms with Crippen molar-refractivity contribution in [3.8, 4) is 6.07 Å². The first-order valence-corrected chi connectivity index (χ1v) is 5.62. The summed E-state index contributed by atoms with van der Waals surface area (Å²) in [6.07, 6.45) is 2.77.